The maximum absolute atomic E-state index is 10.9. The molecule has 0 bridgehead atoms. The van der Waals surface area contributed by atoms with Gasteiger partial charge in [-0.2, -0.15) is 0 Å². The van der Waals surface area contributed by atoms with E-state index in [9.17, 15) is 4.79 Å². The van der Waals surface area contributed by atoms with Crippen LogP contribution in [0.15, 0.2) is 23.3 Å². The molecule has 0 aromatic rings. The van der Waals surface area contributed by atoms with E-state index in [0.717, 1.165) is 12.8 Å². The molecule has 0 saturated heterocycles. The van der Waals surface area contributed by atoms with Gasteiger partial charge in [-0.15, -0.1) is 0 Å². The van der Waals surface area contributed by atoms with Crippen molar-refractivity contribution in [1.82, 2.24) is 0 Å². The zero-order valence-electron chi connectivity index (χ0n) is 10.3. The lowest BCUT2D eigenvalue weighted by Gasteiger charge is -2.06. The van der Waals surface area contributed by atoms with E-state index in [2.05, 4.69) is 19.9 Å². The molecule has 0 unspecified atom stereocenters. The van der Waals surface area contributed by atoms with Crippen LogP contribution in [0, 0.1) is 0 Å². The van der Waals surface area contributed by atoms with E-state index in [1.807, 2.05) is 19.9 Å². The number of carbonyl (C=O) groups excluding carboxylic acids is 1. The Hall–Kier alpha value is -1.05. The molecule has 0 rings (SSSR count). The van der Waals surface area contributed by atoms with Crippen LogP contribution in [0.2, 0.25) is 0 Å². The van der Waals surface area contributed by atoms with Gasteiger partial charge in [-0.1, -0.05) is 30.2 Å². The number of carbonyl (C=O) groups is 1. The third-order valence-electron chi connectivity index (χ3n) is 2.42. The summed E-state index contributed by atoms with van der Waals surface area (Å²) in [6, 6.07) is 0. The summed E-state index contributed by atoms with van der Waals surface area (Å²) >= 11 is 0. The van der Waals surface area contributed by atoms with Gasteiger partial charge in [-0.3, -0.25) is 4.79 Å². The van der Waals surface area contributed by atoms with Crippen LogP contribution in [0.25, 0.3) is 0 Å². The summed E-state index contributed by atoms with van der Waals surface area (Å²) in [7, 11) is 0. The highest BCUT2D eigenvalue weighted by atomic mass is 16.5. The quantitative estimate of drug-likeness (QED) is 0.494. The van der Waals surface area contributed by atoms with Crippen LogP contribution < -0.4 is 0 Å². The molecular formula is C13H22O2. The first-order chi connectivity index (χ1) is 7.11. The summed E-state index contributed by atoms with van der Waals surface area (Å²) in [5.74, 6) is -0.117. The Bertz CT molecular complexity index is 249. The van der Waals surface area contributed by atoms with Gasteiger partial charge in [-0.05, 0) is 27.2 Å². The summed E-state index contributed by atoms with van der Waals surface area (Å²) in [5.41, 5.74) is 2.68. The van der Waals surface area contributed by atoms with E-state index in [4.69, 9.17) is 4.74 Å². The zero-order valence-corrected chi connectivity index (χ0v) is 10.3. The van der Waals surface area contributed by atoms with Crippen LogP contribution in [0.5, 0.6) is 0 Å². The van der Waals surface area contributed by atoms with Crippen LogP contribution >= 0.6 is 0 Å². The molecule has 0 heterocycles. The number of hydrogen-bond donors (Lipinski definition) is 0. The van der Waals surface area contributed by atoms with Gasteiger partial charge in [-0.25, -0.2) is 0 Å². The number of hydrogen-bond acceptors (Lipinski definition) is 2. The summed E-state index contributed by atoms with van der Waals surface area (Å²) in [5, 5.41) is 0. The molecule has 0 aromatic heterocycles. The Morgan fingerprint density at radius 3 is 2.47 bits per heavy atom. The predicted octanol–water partition coefficient (Wildman–Crippen LogP) is 3.63. The fourth-order valence-corrected chi connectivity index (χ4v) is 1.10. The summed E-state index contributed by atoms with van der Waals surface area (Å²) in [6.45, 7) is 8.55. The Morgan fingerprint density at radius 1 is 1.27 bits per heavy atom. The largest absolute Gasteiger partial charge is 0.465 e. The van der Waals surface area contributed by atoms with Gasteiger partial charge < -0.3 is 4.74 Å². The van der Waals surface area contributed by atoms with Gasteiger partial charge in [0.15, 0.2) is 0 Å². The Kier molecular flexibility index (Phi) is 7.69. The molecule has 0 amide bonds. The molecule has 2 nitrogen and oxygen atoms in total. The molecule has 15 heavy (non-hydrogen) atoms. The molecule has 0 radical (unpaired) electrons. The molecule has 0 atom stereocenters. The second kappa shape index (κ2) is 8.27. The smallest absolute Gasteiger partial charge is 0.305 e. The third kappa shape index (κ3) is 6.95. The van der Waals surface area contributed by atoms with Crippen LogP contribution in [0.1, 0.15) is 47.0 Å². The van der Waals surface area contributed by atoms with Crippen molar-refractivity contribution in [3.05, 3.63) is 23.3 Å². The first-order valence-electron chi connectivity index (χ1n) is 5.53. The van der Waals surface area contributed by atoms with Gasteiger partial charge >= 0.3 is 5.97 Å². The van der Waals surface area contributed by atoms with E-state index in [1.54, 1.807) is 0 Å². The molecule has 0 N–H and O–H groups in total. The zero-order chi connectivity index (χ0) is 11.7. The highest BCUT2D eigenvalue weighted by Crippen LogP contribution is 2.12. The minimum Gasteiger partial charge on any atom is -0.465 e. The molecule has 0 aliphatic rings. The second-order valence-corrected chi connectivity index (χ2v) is 3.66. The van der Waals surface area contributed by atoms with Crippen molar-refractivity contribution in [2.45, 2.75) is 47.0 Å². The first-order valence-corrected chi connectivity index (χ1v) is 5.53. The average Bonchev–Trinajstić information content (AvgIpc) is 2.25. The monoisotopic (exact) mass is 210 g/mol. The van der Waals surface area contributed by atoms with E-state index < -0.39 is 0 Å². The van der Waals surface area contributed by atoms with E-state index in [0.29, 0.717) is 13.0 Å². The average molecular weight is 210 g/mol. The van der Waals surface area contributed by atoms with Crippen LogP contribution in [0.4, 0.5) is 0 Å². The van der Waals surface area contributed by atoms with Crippen molar-refractivity contribution in [3.8, 4) is 0 Å². The molecule has 0 saturated carbocycles. The Morgan fingerprint density at radius 2 is 1.93 bits per heavy atom. The Labute approximate surface area is 93.0 Å². The summed E-state index contributed by atoms with van der Waals surface area (Å²) < 4.78 is 5.03. The lowest BCUT2D eigenvalue weighted by atomic mass is 10.1. The van der Waals surface area contributed by atoms with Crippen molar-refractivity contribution < 1.29 is 9.53 Å². The number of ether oxygens (including phenoxy) is 1. The maximum atomic E-state index is 10.9. The second-order valence-electron chi connectivity index (χ2n) is 3.66. The minimum absolute atomic E-state index is 0.117. The van der Waals surface area contributed by atoms with Crippen molar-refractivity contribution in [2.24, 2.45) is 0 Å². The molecule has 0 aromatic carbocycles. The van der Waals surface area contributed by atoms with E-state index in [-0.39, 0.29) is 5.97 Å². The number of allylic oxidation sites excluding steroid dienone is 3. The molecule has 2 heteroatoms. The van der Waals surface area contributed by atoms with Gasteiger partial charge in [0.1, 0.15) is 0 Å². The molecule has 86 valence electrons. The van der Waals surface area contributed by atoms with Crippen LogP contribution in [-0.4, -0.2) is 12.6 Å². The highest BCUT2D eigenvalue weighted by Gasteiger charge is 2.00. The van der Waals surface area contributed by atoms with E-state index >= 15 is 0 Å². The molecule has 0 spiro atoms. The summed E-state index contributed by atoms with van der Waals surface area (Å²) in [4.78, 5) is 10.9. The fourth-order valence-electron chi connectivity index (χ4n) is 1.10. The van der Waals surface area contributed by atoms with Gasteiger partial charge in [0.25, 0.3) is 0 Å². The number of rotatable bonds is 6. The molecule has 0 aliphatic carbocycles. The lowest BCUT2D eigenvalue weighted by Crippen LogP contribution is -2.04. The van der Waals surface area contributed by atoms with Gasteiger partial charge in [0.2, 0.25) is 0 Å². The van der Waals surface area contributed by atoms with Crippen molar-refractivity contribution in [2.75, 3.05) is 6.61 Å². The summed E-state index contributed by atoms with van der Waals surface area (Å²) in [6.07, 6.45) is 6.48. The van der Waals surface area contributed by atoms with Crippen LogP contribution in [0.3, 0.4) is 0 Å². The standard InChI is InChI=1S/C13H22O2/c1-5-7-8-11(3)12(4)9-10-15-13(14)6-2/h5,7H,6,8-10H2,1-4H3/b7-5+,12-11+. The van der Waals surface area contributed by atoms with Crippen LogP contribution in [-0.2, 0) is 9.53 Å². The van der Waals surface area contributed by atoms with Crippen molar-refractivity contribution in [1.29, 1.82) is 0 Å². The predicted molar refractivity (Wildman–Crippen MR) is 63.7 cm³/mol. The highest BCUT2D eigenvalue weighted by molar-refractivity contribution is 5.68. The molecular weight excluding hydrogens is 188 g/mol. The number of esters is 1. The SMILES string of the molecule is C/C=C/C/C(C)=C(\C)CCOC(=O)CC. The normalized spacial score (nSPS) is 12.8. The Balaban J connectivity index is 3.89. The lowest BCUT2D eigenvalue weighted by molar-refractivity contribution is -0.143. The topological polar surface area (TPSA) is 26.3 Å². The fraction of sp³-hybridized carbons (Fsp3) is 0.615. The minimum atomic E-state index is -0.117. The van der Waals surface area contributed by atoms with Crippen molar-refractivity contribution >= 4 is 5.97 Å². The van der Waals surface area contributed by atoms with E-state index in [1.165, 1.54) is 11.1 Å². The maximum Gasteiger partial charge on any atom is 0.305 e. The third-order valence-corrected chi connectivity index (χ3v) is 2.42. The first kappa shape index (κ1) is 13.9. The molecule has 0 fully saturated rings. The molecule has 0 aliphatic heterocycles. The van der Waals surface area contributed by atoms with Gasteiger partial charge in [0.05, 0.1) is 6.61 Å². The van der Waals surface area contributed by atoms with Crippen molar-refractivity contribution in [3.63, 3.8) is 0 Å². The van der Waals surface area contributed by atoms with Gasteiger partial charge in [0, 0.05) is 12.8 Å².